The van der Waals surface area contributed by atoms with E-state index in [1.54, 1.807) is 11.8 Å². The Kier molecular flexibility index (Phi) is 4.83. The number of rotatable bonds is 5. The van der Waals surface area contributed by atoms with E-state index < -0.39 is 0 Å². The Morgan fingerprint density at radius 2 is 2.32 bits per heavy atom. The SMILES string of the molecule is Cc1nccn1CCCNC(=O)[C@@H]1SCCc2ccccc21. The van der Waals surface area contributed by atoms with Crippen molar-refractivity contribution in [1.82, 2.24) is 14.9 Å². The molecule has 1 aliphatic rings. The minimum Gasteiger partial charge on any atom is -0.355 e. The van der Waals surface area contributed by atoms with Crippen LogP contribution in [0, 0.1) is 6.92 Å². The molecular formula is C17H21N3OS. The van der Waals surface area contributed by atoms with Crippen LogP contribution in [0.25, 0.3) is 0 Å². The molecule has 1 amide bonds. The highest BCUT2D eigenvalue weighted by Crippen LogP contribution is 2.36. The minimum atomic E-state index is -0.0556. The van der Waals surface area contributed by atoms with Gasteiger partial charge in [-0.3, -0.25) is 4.79 Å². The number of hydrogen-bond acceptors (Lipinski definition) is 3. The van der Waals surface area contributed by atoms with E-state index in [1.807, 2.05) is 25.4 Å². The van der Waals surface area contributed by atoms with Crippen LogP contribution in [0.4, 0.5) is 0 Å². The van der Waals surface area contributed by atoms with E-state index in [9.17, 15) is 4.79 Å². The van der Waals surface area contributed by atoms with Crippen LogP contribution in [0.15, 0.2) is 36.7 Å². The Morgan fingerprint density at radius 3 is 3.14 bits per heavy atom. The third-order valence-electron chi connectivity index (χ3n) is 4.03. The number of aryl methyl sites for hydroxylation is 3. The smallest absolute Gasteiger partial charge is 0.237 e. The van der Waals surface area contributed by atoms with E-state index in [0.29, 0.717) is 6.54 Å². The van der Waals surface area contributed by atoms with E-state index in [4.69, 9.17) is 0 Å². The topological polar surface area (TPSA) is 46.9 Å². The lowest BCUT2D eigenvalue weighted by molar-refractivity contribution is -0.120. The molecule has 22 heavy (non-hydrogen) atoms. The summed E-state index contributed by atoms with van der Waals surface area (Å²) in [7, 11) is 0. The van der Waals surface area contributed by atoms with Crippen molar-refractivity contribution in [2.45, 2.75) is 31.6 Å². The molecule has 0 fully saturated rings. The maximum absolute atomic E-state index is 12.4. The van der Waals surface area contributed by atoms with Gasteiger partial charge < -0.3 is 9.88 Å². The Bertz CT molecular complexity index is 653. The number of carbonyl (C=O) groups is 1. The lowest BCUT2D eigenvalue weighted by Crippen LogP contribution is -2.31. The fourth-order valence-corrected chi connectivity index (χ4v) is 4.02. The Morgan fingerprint density at radius 1 is 1.45 bits per heavy atom. The highest BCUT2D eigenvalue weighted by molar-refractivity contribution is 8.00. The first-order valence-electron chi connectivity index (χ1n) is 7.70. The summed E-state index contributed by atoms with van der Waals surface area (Å²) in [4.78, 5) is 16.6. The first-order chi connectivity index (χ1) is 10.8. The van der Waals surface area contributed by atoms with E-state index in [1.165, 1.54) is 11.1 Å². The first-order valence-corrected chi connectivity index (χ1v) is 8.75. The molecule has 0 saturated heterocycles. The van der Waals surface area contributed by atoms with Gasteiger partial charge in [0.1, 0.15) is 11.1 Å². The maximum Gasteiger partial charge on any atom is 0.237 e. The standard InChI is InChI=1S/C17H21N3OS/c1-13-18-9-11-20(13)10-4-8-19-17(21)16-15-6-3-2-5-14(15)7-12-22-16/h2-3,5-6,9,11,16H,4,7-8,10,12H2,1H3,(H,19,21)/t16-/m1/s1. The molecule has 1 aromatic carbocycles. The number of carbonyl (C=O) groups excluding carboxylic acids is 1. The zero-order valence-electron chi connectivity index (χ0n) is 12.8. The number of nitrogens with one attached hydrogen (secondary N) is 1. The minimum absolute atomic E-state index is 0.0556. The van der Waals surface area contributed by atoms with Crippen LogP contribution >= 0.6 is 11.8 Å². The Hall–Kier alpha value is -1.75. The van der Waals surface area contributed by atoms with Gasteiger partial charge in [-0.1, -0.05) is 24.3 Å². The summed E-state index contributed by atoms with van der Waals surface area (Å²) >= 11 is 1.74. The third-order valence-corrected chi connectivity index (χ3v) is 5.27. The van der Waals surface area contributed by atoms with Gasteiger partial charge in [0.2, 0.25) is 5.91 Å². The van der Waals surface area contributed by atoms with Crippen LogP contribution in [-0.2, 0) is 17.8 Å². The number of benzene rings is 1. The maximum atomic E-state index is 12.4. The molecule has 0 spiro atoms. The predicted molar refractivity (Wildman–Crippen MR) is 89.9 cm³/mol. The summed E-state index contributed by atoms with van der Waals surface area (Å²) in [5, 5.41) is 3.03. The van der Waals surface area contributed by atoms with Gasteiger partial charge in [-0.05, 0) is 36.6 Å². The fourth-order valence-electron chi connectivity index (χ4n) is 2.80. The van der Waals surface area contributed by atoms with Gasteiger partial charge in [0.25, 0.3) is 0 Å². The molecular weight excluding hydrogens is 294 g/mol. The molecule has 1 N–H and O–H groups in total. The molecule has 1 aliphatic heterocycles. The average molecular weight is 315 g/mol. The molecule has 116 valence electrons. The molecule has 1 atom stereocenters. The van der Waals surface area contributed by atoms with Gasteiger partial charge in [0.05, 0.1) is 0 Å². The van der Waals surface area contributed by atoms with Gasteiger partial charge in [-0.2, -0.15) is 0 Å². The third kappa shape index (κ3) is 3.35. The van der Waals surface area contributed by atoms with Crippen molar-refractivity contribution in [3.8, 4) is 0 Å². The number of aromatic nitrogens is 2. The lowest BCUT2D eigenvalue weighted by Gasteiger charge is -2.24. The van der Waals surface area contributed by atoms with Crippen LogP contribution in [-0.4, -0.2) is 27.8 Å². The fraction of sp³-hybridized carbons (Fsp3) is 0.412. The molecule has 1 aromatic heterocycles. The summed E-state index contributed by atoms with van der Waals surface area (Å²) in [6.45, 7) is 3.59. The number of fused-ring (bicyclic) bond motifs is 1. The van der Waals surface area contributed by atoms with Gasteiger partial charge >= 0.3 is 0 Å². The van der Waals surface area contributed by atoms with Crippen molar-refractivity contribution >= 4 is 17.7 Å². The van der Waals surface area contributed by atoms with Crippen molar-refractivity contribution in [3.05, 3.63) is 53.6 Å². The molecule has 5 heteroatoms. The second kappa shape index (κ2) is 7.01. The second-order valence-electron chi connectivity index (χ2n) is 5.51. The summed E-state index contributed by atoms with van der Waals surface area (Å²) in [5.74, 6) is 2.17. The zero-order chi connectivity index (χ0) is 15.4. The van der Waals surface area contributed by atoms with Crippen LogP contribution in [0.2, 0.25) is 0 Å². The van der Waals surface area contributed by atoms with Crippen molar-refractivity contribution in [3.63, 3.8) is 0 Å². The van der Waals surface area contributed by atoms with Gasteiger partial charge in [0, 0.05) is 25.5 Å². The molecule has 0 aliphatic carbocycles. The number of nitrogens with zero attached hydrogens (tertiary/aromatic N) is 2. The van der Waals surface area contributed by atoms with Crippen molar-refractivity contribution < 1.29 is 4.79 Å². The molecule has 4 nitrogen and oxygen atoms in total. The number of imidazole rings is 1. The van der Waals surface area contributed by atoms with Gasteiger partial charge in [0.15, 0.2) is 0 Å². The Labute approximate surface area is 135 Å². The monoisotopic (exact) mass is 315 g/mol. The van der Waals surface area contributed by atoms with Crippen LogP contribution < -0.4 is 5.32 Å². The van der Waals surface area contributed by atoms with Crippen LogP contribution in [0.5, 0.6) is 0 Å². The normalized spacial score (nSPS) is 17.0. The van der Waals surface area contributed by atoms with E-state index in [2.05, 4.69) is 33.1 Å². The zero-order valence-corrected chi connectivity index (χ0v) is 13.6. The molecule has 2 aromatic rings. The highest BCUT2D eigenvalue weighted by atomic mass is 32.2. The first kappa shape index (κ1) is 15.2. The molecule has 0 unspecified atom stereocenters. The van der Waals surface area contributed by atoms with Gasteiger partial charge in [-0.25, -0.2) is 4.98 Å². The van der Waals surface area contributed by atoms with Gasteiger partial charge in [-0.15, -0.1) is 11.8 Å². The number of thioether (sulfide) groups is 1. The molecule has 3 rings (SSSR count). The molecule has 0 radical (unpaired) electrons. The predicted octanol–water partition coefficient (Wildman–Crippen LogP) is 2.73. The summed E-state index contributed by atoms with van der Waals surface area (Å²) in [6, 6.07) is 8.29. The molecule has 0 saturated carbocycles. The van der Waals surface area contributed by atoms with E-state index in [0.717, 1.165) is 31.0 Å². The average Bonchev–Trinajstić information content (AvgIpc) is 2.96. The van der Waals surface area contributed by atoms with Crippen LogP contribution in [0.3, 0.4) is 0 Å². The number of hydrogen-bond donors (Lipinski definition) is 1. The van der Waals surface area contributed by atoms with Crippen molar-refractivity contribution in [1.29, 1.82) is 0 Å². The van der Waals surface area contributed by atoms with Crippen molar-refractivity contribution in [2.24, 2.45) is 0 Å². The molecule has 2 heterocycles. The largest absolute Gasteiger partial charge is 0.355 e. The highest BCUT2D eigenvalue weighted by Gasteiger charge is 2.26. The Balaban J connectivity index is 1.52. The van der Waals surface area contributed by atoms with E-state index >= 15 is 0 Å². The summed E-state index contributed by atoms with van der Waals surface area (Å²) < 4.78 is 2.11. The lowest BCUT2D eigenvalue weighted by atomic mass is 10.0. The number of amides is 1. The van der Waals surface area contributed by atoms with E-state index in [-0.39, 0.29) is 11.2 Å². The summed E-state index contributed by atoms with van der Waals surface area (Å²) in [5.41, 5.74) is 2.50. The quantitative estimate of drug-likeness (QED) is 0.863. The van der Waals surface area contributed by atoms with Crippen LogP contribution in [0.1, 0.15) is 28.6 Å². The summed E-state index contributed by atoms with van der Waals surface area (Å²) in [6.07, 6.45) is 5.76. The second-order valence-corrected chi connectivity index (χ2v) is 6.73. The molecule has 0 bridgehead atoms. The van der Waals surface area contributed by atoms with Crippen molar-refractivity contribution in [2.75, 3.05) is 12.3 Å².